The van der Waals surface area contributed by atoms with E-state index in [0.717, 1.165) is 0 Å². The molecule has 9 heteroatoms. The topological polar surface area (TPSA) is 129 Å². The third-order valence-electron chi connectivity index (χ3n) is 3.48. The van der Waals surface area contributed by atoms with Crippen molar-refractivity contribution >= 4 is 27.7 Å². The molecule has 2 aliphatic heterocycles. The largest absolute Gasteiger partial charge is 0.480 e. The SMILES string of the molecule is CC1(C)[C@H](C(=O)O)N2C(=O)/C(=C/C(=O)O)[C@H]2S1(=O)=O. The first-order valence-corrected chi connectivity index (χ1v) is 6.81. The minimum atomic E-state index is -3.99. The Bertz CT molecular complexity index is 630. The van der Waals surface area contributed by atoms with E-state index in [9.17, 15) is 22.8 Å². The van der Waals surface area contributed by atoms with Gasteiger partial charge in [0.15, 0.2) is 21.3 Å². The molecule has 19 heavy (non-hydrogen) atoms. The van der Waals surface area contributed by atoms with Crippen LogP contribution in [-0.2, 0) is 24.2 Å². The first-order chi connectivity index (χ1) is 8.53. The summed E-state index contributed by atoms with van der Waals surface area (Å²) in [6.45, 7) is 2.43. The molecule has 2 atom stereocenters. The van der Waals surface area contributed by atoms with E-state index < -0.39 is 49.4 Å². The number of carbonyl (C=O) groups is 3. The first-order valence-electron chi connectivity index (χ1n) is 5.27. The van der Waals surface area contributed by atoms with Crippen LogP contribution in [0.15, 0.2) is 11.6 Å². The number of rotatable bonds is 2. The minimum Gasteiger partial charge on any atom is -0.480 e. The van der Waals surface area contributed by atoms with Gasteiger partial charge in [-0.3, -0.25) is 4.79 Å². The maximum atomic E-state index is 12.2. The van der Waals surface area contributed by atoms with Crippen molar-refractivity contribution in [1.29, 1.82) is 0 Å². The Morgan fingerprint density at radius 1 is 1.32 bits per heavy atom. The van der Waals surface area contributed by atoms with Crippen LogP contribution in [0.1, 0.15) is 13.8 Å². The summed E-state index contributed by atoms with van der Waals surface area (Å²) in [5, 5.41) is 16.2. The molecule has 0 saturated carbocycles. The van der Waals surface area contributed by atoms with Gasteiger partial charge in [0, 0.05) is 6.08 Å². The van der Waals surface area contributed by atoms with Crippen LogP contribution >= 0.6 is 0 Å². The second kappa shape index (κ2) is 3.56. The van der Waals surface area contributed by atoms with Crippen LogP contribution in [0.25, 0.3) is 0 Å². The highest BCUT2D eigenvalue weighted by Crippen LogP contribution is 2.48. The van der Waals surface area contributed by atoms with E-state index in [1.54, 1.807) is 0 Å². The molecule has 0 aromatic rings. The lowest BCUT2D eigenvalue weighted by molar-refractivity contribution is -0.152. The third-order valence-corrected chi connectivity index (χ3v) is 6.24. The van der Waals surface area contributed by atoms with Crippen molar-refractivity contribution in [2.24, 2.45) is 0 Å². The number of hydrogen-bond acceptors (Lipinski definition) is 5. The van der Waals surface area contributed by atoms with E-state index in [-0.39, 0.29) is 0 Å². The van der Waals surface area contributed by atoms with Gasteiger partial charge in [0.1, 0.15) is 4.75 Å². The van der Waals surface area contributed by atoms with Crippen LogP contribution in [0.5, 0.6) is 0 Å². The van der Waals surface area contributed by atoms with E-state index >= 15 is 0 Å². The molecule has 8 nitrogen and oxygen atoms in total. The fraction of sp³-hybridized carbons (Fsp3) is 0.500. The van der Waals surface area contributed by atoms with Gasteiger partial charge in [-0.05, 0) is 13.8 Å². The predicted octanol–water partition coefficient (Wildman–Crippen LogP) is -1.17. The average Bonchev–Trinajstić information content (AvgIpc) is 2.38. The summed E-state index contributed by atoms with van der Waals surface area (Å²) in [7, 11) is -3.99. The van der Waals surface area contributed by atoms with Crippen molar-refractivity contribution in [2.45, 2.75) is 30.0 Å². The van der Waals surface area contributed by atoms with Crippen LogP contribution < -0.4 is 0 Å². The van der Waals surface area contributed by atoms with Gasteiger partial charge in [0.05, 0.1) is 5.57 Å². The number of nitrogens with zero attached hydrogens (tertiary/aromatic N) is 1. The summed E-state index contributed by atoms with van der Waals surface area (Å²) in [4.78, 5) is 34.2. The molecule has 2 aliphatic rings. The molecule has 0 radical (unpaired) electrons. The van der Waals surface area contributed by atoms with Gasteiger partial charge in [-0.25, -0.2) is 18.0 Å². The molecule has 0 bridgehead atoms. The molecule has 0 aromatic heterocycles. The molecule has 0 spiro atoms. The number of carbonyl (C=O) groups excluding carboxylic acids is 1. The fourth-order valence-electron chi connectivity index (χ4n) is 2.47. The van der Waals surface area contributed by atoms with Crippen molar-refractivity contribution in [2.75, 3.05) is 0 Å². The number of fused-ring (bicyclic) bond motifs is 1. The standard InChI is InChI=1S/C10H11NO7S/c1-10(2)6(9(15)16)11-7(14)4(3-5(12)13)8(11)19(10,17)18/h3,6,8H,1-2H3,(H,12,13)(H,15,16)/b4-3-/t6-,8+/m0/s1. The first kappa shape index (κ1) is 13.5. The van der Waals surface area contributed by atoms with E-state index in [4.69, 9.17) is 10.2 Å². The number of carboxylic acids is 2. The van der Waals surface area contributed by atoms with Crippen LogP contribution in [0.4, 0.5) is 0 Å². The minimum absolute atomic E-state index is 0.399. The highest BCUT2D eigenvalue weighted by molar-refractivity contribution is 7.94. The van der Waals surface area contributed by atoms with E-state index in [0.29, 0.717) is 11.0 Å². The number of sulfone groups is 1. The Hall–Kier alpha value is -1.90. The molecule has 104 valence electrons. The predicted molar refractivity (Wildman–Crippen MR) is 60.8 cm³/mol. The normalized spacial score (nSPS) is 32.8. The van der Waals surface area contributed by atoms with Crippen molar-refractivity contribution < 1.29 is 33.0 Å². The number of carboxylic acid groups (broad SMARTS) is 2. The maximum absolute atomic E-state index is 12.2. The van der Waals surface area contributed by atoms with Crippen molar-refractivity contribution in [1.82, 2.24) is 4.90 Å². The zero-order valence-corrected chi connectivity index (χ0v) is 10.8. The lowest BCUT2D eigenvalue weighted by Crippen LogP contribution is -2.59. The Labute approximate surface area is 108 Å². The molecular weight excluding hydrogens is 278 g/mol. The van der Waals surface area contributed by atoms with Crippen molar-refractivity contribution in [3.63, 3.8) is 0 Å². The molecule has 1 amide bonds. The lowest BCUT2D eigenvalue weighted by Gasteiger charge is -2.37. The smallest absolute Gasteiger partial charge is 0.328 e. The van der Waals surface area contributed by atoms with Crippen LogP contribution in [0.3, 0.4) is 0 Å². The number of β-lactam (4-membered cyclic amide) rings is 1. The lowest BCUT2D eigenvalue weighted by atomic mass is 9.95. The third kappa shape index (κ3) is 1.44. The molecule has 2 rings (SSSR count). The summed E-state index contributed by atoms with van der Waals surface area (Å²) in [5.74, 6) is -3.75. The quantitative estimate of drug-likeness (QED) is 0.483. The number of aliphatic carboxylic acids is 2. The van der Waals surface area contributed by atoms with Crippen LogP contribution in [0, 0.1) is 0 Å². The number of hydrogen-bond donors (Lipinski definition) is 2. The fourth-order valence-corrected chi connectivity index (χ4v) is 4.60. The van der Waals surface area contributed by atoms with Gasteiger partial charge in [-0.2, -0.15) is 0 Å². The Balaban J connectivity index is 2.61. The summed E-state index contributed by atoms with van der Waals surface area (Å²) in [5.41, 5.74) is -0.399. The van der Waals surface area contributed by atoms with Gasteiger partial charge in [0.25, 0.3) is 5.91 Å². The highest BCUT2D eigenvalue weighted by Gasteiger charge is 2.70. The van der Waals surface area contributed by atoms with E-state index in [1.165, 1.54) is 13.8 Å². The molecular formula is C10H11NO7S. The summed E-state index contributed by atoms with van der Waals surface area (Å²) in [6.07, 6.45) is 0.515. The van der Waals surface area contributed by atoms with Crippen LogP contribution in [0.2, 0.25) is 0 Å². The Morgan fingerprint density at radius 3 is 2.26 bits per heavy atom. The molecule has 0 aromatic carbocycles. The van der Waals surface area contributed by atoms with Gasteiger partial charge < -0.3 is 15.1 Å². The monoisotopic (exact) mass is 289 g/mol. The van der Waals surface area contributed by atoms with Gasteiger partial charge in [-0.15, -0.1) is 0 Å². The zero-order valence-electron chi connectivity index (χ0n) is 10.0. The highest BCUT2D eigenvalue weighted by atomic mass is 32.2. The molecule has 2 heterocycles. The molecule has 0 aliphatic carbocycles. The summed E-state index contributed by atoms with van der Waals surface area (Å²) >= 11 is 0. The second-order valence-corrected chi connectivity index (χ2v) is 7.48. The summed E-state index contributed by atoms with van der Waals surface area (Å²) in [6, 6.07) is -1.51. The molecule has 0 unspecified atom stereocenters. The van der Waals surface area contributed by atoms with E-state index in [2.05, 4.69) is 0 Å². The summed E-state index contributed by atoms with van der Waals surface area (Å²) < 4.78 is 22.8. The molecule has 2 saturated heterocycles. The molecule has 2 N–H and O–H groups in total. The van der Waals surface area contributed by atoms with Gasteiger partial charge in [-0.1, -0.05) is 0 Å². The number of amides is 1. The van der Waals surface area contributed by atoms with Crippen molar-refractivity contribution in [3.05, 3.63) is 11.6 Å². The van der Waals surface area contributed by atoms with Gasteiger partial charge in [0.2, 0.25) is 0 Å². The van der Waals surface area contributed by atoms with E-state index in [1.807, 2.05) is 0 Å². The van der Waals surface area contributed by atoms with Crippen molar-refractivity contribution in [3.8, 4) is 0 Å². The van der Waals surface area contributed by atoms with Crippen LogP contribution in [-0.4, -0.2) is 57.5 Å². The second-order valence-electron chi connectivity index (χ2n) is 4.89. The zero-order chi connectivity index (χ0) is 14.7. The Morgan fingerprint density at radius 2 is 1.84 bits per heavy atom. The molecule has 2 fully saturated rings. The Kier molecular flexibility index (Phi) is 2.54. The average molecular weight is 289 g/mol. The maximum Gasteiger partial charge on any atom is 0.328 e. The van der Waals surface area contributed by atoms with Gasteiger partial charge >= 0.3 is 11.9 Å².